The summed E-state index contributed by atoms with van der Waals surface area (Å²) >= 11 is 0. The molecule has 33 heteroatoms. The number of aromatic nitrogens is 4. The van der Waals surface area contributed by atoms with Gasteiger partial charge in [-0.2, -0.15) is 8.42 Å². The zero-order chi connectivity index (χ0) is 76.9. The Hall–Kier alpha value is -6.66. The molecule has 14 rings (SSSR count). The highest BCUT2D eigenvalue weighted by atomic mass is 32.2. The molecule has 11 aliphatic heterocycles. The first-order chi connectivity index (χ1) is 53.3. The molecule has 11 aliphatic rings. The summed E-state index contributed by atoms with van der Waals surface area (Å²) in [7, 11) is -2.67. The molecule has 0 unspecified atom stereocenters. The molecule has 0 saturated carbocycles. The lowest BCUT2D eigenvalue weighted by molar-refractivity contribution is -0.292. The quantitative estimate of drug-likeness (QED) is 0.0231. The van der Waals surface area contributed by atoms with E-state index in [1.54, 1.807) is 42.3 Å². The van der Waals surface area contributed by atoms with Crippen molar-refractivity contribution in [2.75, 3.05) is 90.6 Å². The highest BCUT2D eigenvalue weighted by molar-refractivity contribution is 7.92. The standard InChI is InChI=1S/C77H103N7O25S/c1-47-36-56-12-14-60-48(2)37-58(101-60)20-22-77-42-65-73(107-77)74-75(106-65)76(108-77)72-61(105-74)15-13-57(103-72)38-55(86)39-59-63(41-62(102-56)49(47)3)104-64(71(59)93-5)40-54(85)11-19-69(89)100-45-50-6-9-53(10-7-50)83(110(91,92)66-16-8-51(78-4)43-79-66)24-27-96-30-33-97-32-29-95-26-23-82-44-52(80-81-82)46-99-35-34-98-31-28-94-25-21-70(90)109-84-67(87)17-18-68(84)88/h6-10,16,43-44,47,54,56-65,71-76,85H,2-3,11-15,17-42,45-46H2,1,5H3/t47-,54-,56+,57-,58+,59+,60+,61+,62-,63+,64-,65-,71-,72+,73+,74+,75-,76+,77+/m1/s1. The first-order valence-corrected chi connectivity index (χ1v) is 40.1. The summed E-state index contributed by atoms with van der Waals surface area (Å²) in [5.74, 6) is -3.48. The van der Waals surface area contributed by atoms with E-state index < -0.39 is 82.1 Å². The summed E-state index contributed by atoms with van der Waals surface area (Å²) in [5, 5.41) is 20.1. The highest BCUT2D eigenvalue weighted by Gasteiger charge is 2.69. The van der Waals surface area contributed by atoms with Crippen molar-refractivity contribution in [1.82, 2.24) is 25.0 Å². The number of hydrogen-bond donors (Lipinski definition) is 1. The van der Waals surface area contributed by atoms with E-state index >= 15 is 0 Å². The van der Waals surface area contributed by atoms with Crippen molar-refractivity contribution < 1.29 is 118 Å². The van der Waals surface area contributed by atoms with Crippen LogP contribution in [0.5, 0.6) is 0 Å². The monoisotopic (exact) mass is 1560 g/mol. The normalized spacial score (nSPS) is 31.7. The number of benzene rings is 1. The molecule has 1 aromatic carbocycles. The van der Waals surface area contributed by atoms with Crippen LogP contribution in [0.4, 0.5) is 11.4 Å². The second-order valence-electron chi connectivity index (χ2n) is 30.0. The topological polar surface area (TPSA) is 351 Å². The van der Waals surface area contributed by atoms with Crippen LogP contribution in [0.3, 0.4) is 0 Å². The summed E-state index contributed by atoms with van der Waals surface area (Å²) in [6, 6.07) is 9.13. The van der Waals surface area contributed by atoms with Crippen molar-refractivity contribution >= 4 is 50.9 Å². The summed E-state index contributed by atoms with van der Waals surface area (Å²) < 4.78 is 131. The van der Waals surface area contributed by atoms with Gasteiger partial charge in [0.15, 0.2) is 10.8 Å². The van der Waals surface area contributed by atoms with Gasteiger partial charge in [0.05, 0.1) is 184 Å². The van der Waals surface area contributed by atoms with Gasteiger partial charge in [0.25, 0.3) is 21.8 Å². The molecular formula is C77H103N7O25S. The Balaban J connectivity index is 0.536. The molecule has 11 fully saturated rings. The fraction of sp³-hybridized carbons (Fsp3) is 0.701. The van der Waals surface area contributed by atoms with Crippen LogP contribution < -0.4 is 4.31 Å². The van der Waals surface area contributed by atoms with Gasteiger partial charge in [-0.25, -0.2) is 14.3 Å². The number of aliphatic hydroxyl groups is 1. The zero-order valence-corrected chi connectivity index (χ0v) is 63.4. The molecule has 32 nitrogen and oxygen atoms in total. The number of amides is 2. The van der Waals surface area contributed by atoms with Gasteiger partial charge < -0.3 is 85.7 Å². The summed E-state index contributed by atoms with van der Waals surface area (Å²) in [5.41, 5.74) is 3.71. The fourth-order valence-electron chi connectivity index (χ4n) is 16.6. The molecule has 13 heterocycles. The van der Waals surface area contributed by atoms with E-state index in [2.05, 4.69) is 40.2 Å². The average molecular weight is 1560 g/mol. The van der Waals surface area contributed by atoms with Crippen molar-refractivity contribution in [2.45, 2.75) is 251 Å². The predicted molar refractivity (Wildman–Crippen MR) is 383 cm³/mol. The number of carbonyl (C=O) groups excluding carboxylic acids is 5. The van der Waals surface area contributed by atoms with Crippen molar-refractivity contribution in [3.8, 4) is 0 Å². The Morgan fingerprint density at radius 2 is 1.40 bits per heavy atom. The van der Waals surface area contributed by atoms with E-state index in [-0.39, 0.29) is 207 Å². The van der Waals surface area contributed by atoms with Gasteiger partial charge in [-0.15, -0.1) is 10.2 Å². The van der Waals surface area contributed by atoms with Gasteiger partial charge in [-0.3, -0.25) is 28.5 Å². The number of hydrogen-bond acceptors (Lipinski definition) is 28. The minimum absolute atomic E-state index is 0.00392. The fourth-order valence-corrected chi connectivity index (χ4v) is 18.0. The zero-order valence-electron chi connectivity index (χ0n) is 62.5. The molecule has 1 spiro atoms. The predicted octanol–water partition coefficient (Wildman–Crippen LogP) is 6.03. The molecule has 0 aliphatic carbocycles. The number of rotatable bonds is 35. The first-order valence-electron chi connectivity index (χ1n) is 38.7. The highest BCUT2D eigenvalue weighted by Crippen LogP contribution is 2.55. The van der Waals surface area contributed by atoms with Gasteiger partial charge in [0.2, 0.25) is 5.69 Å². The number of esters is 1. The van der Waals surface area contributed by atoms with Crippen LogP contribution in [-0.2, 0) is 134 Å². The number of methoxy groups -OCH3 is 1. The Morgan fingerprint density at radius 1 is 0.709 bits per heavy atom. The lowest BCUT2D eigenvalue weighted by Crippen LogP contribution is -2.61. The first kappa shape index (κ1) is 81.4. The number of anilines is 1. The van der Waals surface area contributed by atoms with E-state index in [9.17, 15) is 37.5 Å². The lowest BCUT2D eigenvalue weighted by Gasteiger charge is -2.47. The van der Waals surface area contributed by atoms with Crippen LogP contribution in [-0.4, -0.2) is 258 Å². The number of Topliss-reactive ketones (excluding diaryl/α,β-unsaturated/α-hetero) is 1. The van der Waals surface area contributed by atoms with E-state index in [1.807, 2.05) is 0 Å². The van der Waals surface area contributed by atoms with Crippen molar-refractivity contribution in [3.05, 3.63) is 95.8 Å². The van der Waals surface area contributed by atoms with Crippen LogP contribution in [0, 0.1) is 18.4 Å². The van der Waals surface area contributed by atoms with Crippen molar-refractivity contribution in [1.29, 1.82) is 0 Å². The average Bonchev–Trinajstić information content (AvgIpc) is 1.55. The number of aliphatic hydroxyl groups excluding tert-OH is 1. The number of hydroxylamine groups is 2. The number of nitrogens with zero attached hydrogens (tertiary/aromatic N) is 7. The largest absolute Gasteiger partial charge is 0.461 e. The smallest absolute Gasteiger partial charge is 0.335 e. The molecule has 2 amide bonds. The summed E-state index contributed by atoms with van der Waals surface area (Å²) in [6.45, 7) is 21.3. The molecule has 602 valence electrons. The Labute approximate surface area is 640 Å². The molecule has 110 heavy (non-hydrogen) atoms. The maximum Gasteiger partial charge on any atom is 0.335 e. The third kappa shape index (κ3) is 20.5. The van der Waals surface area contributed by atoms with Crippen molar-refractivity contribution in [3.63, 3.8) is 0 Å². The van der Waals surface area contributed by atoms with Gasteiger partial charge in [-0.1, -0.05) is 43.5 Å². The van der Waals surface area contributed by atoms with Gasteiger partial charge in [-0.05, 0) is 92.2 Å². The third-order valence-electron chi connectivity index (χ3n) is 22.3. The molecule has 19 atom stereocenters. The Morgan fingerprint density at radius 3 is 2.15 bits per heavy atom. The van der Waals surface area contributed by atoms with Gasteiger partial charge in [0, 0.05) is 77.0 Å². The van der Waals surface area contributed by atoms with Crippen molar-refractivity contribution in [2.24, 2.45) is 11.8 Å². The maximum absolute atomic E-state index is 14.6. The Kier molecular flexibility index (Phi) is 28.1. The van der Waals surface area contributed by atoms with Gasteiger partial charge >= 0.3 is 11.9 Å². The molecule has 3 aromatic rings. The van der Waals surface area contributed by atoms with Crippen LogP contribution >= 0.6 is 0 Å². The van der Waals surface area contributed by atoms with E-state index in [0.29, 0.717) is 81.4 Å². The SMILES string of the molecule is [C-]#[N+]c1ccc(S(=O)(=O)N(CCOCCOCCOCCn2cc(COCCOCCOCCC(=O)ON3C(=O)CCC3=O)nn2)c2ccc(COC(=O)CC[C@@H](O)C[C@H]3O[C@H]4C[C@H]5O[C@@H](CC[C@@H]6O[C@@H](CC[C@@]78C[C@H]9O[C@H]%10[C@@H](O7)[C@H]7O[C@H](CC[C@@H]7O[C@H]%10[C@H]9O8)CC(=O)C[C@@H]4[C@H]3OC)CC6=C)C[C@@H](C)C5=C)cc2)nc1. The number of ether oxygens (including phenoxy) is 16. The second kappa shape index (κ2) is 38.0. The van der Waals surface area contributed by atoms with Crippen LogP contribution in [0.25, 0.3) is 4.85 Å². The number of ketones is 1. The minimum Gasteiger partial charge on any atom is -0.461 e. The third-order valence-corrected chi connectivity index (χ3v) is 24.0. The van der Waals surface area contributed by atoms with E-state index in [0.717, 1.165) is 47.6 Å². The van der Waals surface area contributed by atoms with Crippen LogP contribution in [0.2, 0.25) is 0 Å². The summed E-state index contributed by atoms with van der Waals surface area (Å²) in [6.07, 6.45) is 4.34. The molecule has 1 N–H and O–H groups in total. The molecular weight excluding hydrogens is 1450 g/mol. The molecule has 2 aromatic heterocycles. The molecule has 11 saturated heterocycles. The number of carbonyl (C=O) groups is 5. The molecule has 12 bridgehead atoms. The number of fused-ring (bicyclic) bond motifs is 6. The van der Waals surface area contributed by atoms with E-state index in [4.69, 9.17) is 87.2 Å². The van der Waals surface area contributed by atoms with Crippen LogP contribution in [0.15, 0.2) is 78.1 Å². The van der Waals surface area contributed by atoms with Gasteiger partial charge in [0.1, 0.15) is 48.6 Å². The summed E-state index contributed by atoms with van der Waals surface area (Å²) in [4.78, 5) is 75.2. The second-order valence-corrected chi connectivity index (χ2v) is 31.8. The minimum atomic E-state index is -4.27. The molecule has 0 radical (unpaired) electrons. The number of sulfonamides is 1. The number of imide groups is 1. The lowest BCUT2D eigenvalue weighted by atomic mass is 9.81. The Bertz CT molecular complexity index is 3790. The van der Waals surface area contributed by atoms with E-state index in [1.165, 1.54) is 18.3 Å². The van der Waals surface area contributed by atoms with Crippen LogP contribution in [0.1, 0.15) is 134 Å². The number of pyridine rings is 1. The maximum atomic E-state index is 14.6.